The van der Waals surface area contributed by atoms with E-state index in [0.29, 0.717) is 32.7 Å². The lowest BCUT2D eigenvalue weighted by Crippen LogP contribution is -2.25. The Hall–Kier alpha value is -1.66. The van der Waals surface area contributed by atoms with Gasteiger partial charge >= 0.3 is 0 Å². The van der Waals surface area contributed by atoms with Crippen molar-refractivity contribution in [3.05, 3.63) is 29.6 Å². The molecule has 0 aliphatic heterocycles. The molecule has 5 nitrogen and oxygen atoms in total. The highest BCUT2D eigenvalue weighted by molar-refractivity contribution is 5.96. The maximum atomic E-state index is 12.7. The molecule has 18 heavy (non-hydrogen) atoms. The zero-order valence-corrected chi connectivity index (χ0v) is 9.99. The van der Waals surface area contributed by atoms with Gasteiger partial charge in [0, 0.05) is 25.8 Å². The standard InChI is InChI=1S/C12H17FN2O3/c13-9-2-3-10(11(16)8-9)12(17)15-5-1-6-18-7-4-14/h2-3,8,16H,1,4-7,14H2,(H,15,17). The Bertz CT molecular complexity index is 399. The van der Waals surface area contributed by atoms with Gasteiger partial charge in [0.1, 0.15) is 11.6 Å². The number of aromatic hydroxyl groups is 1. The molecule has 0 spiro atoms. The van der Waals surface area contributed by atoms with Gasteiger partial charge in [-0.25, -0.2) is 4.39 Å². The number of amides is 1. The third kappa shape index (κ3) is 4.68. The molecule has 1 rings (SSSR count). The minimum absolute atomic E-state index is 0.0549. The highest BCUT2D eigenvalue weighted by Gasteiger charge is 2.10. The average Bonchev–Trinajstić information content (AvgIpc) is 2.33. The van der Waals surface area contributed by atoms with Gasteiger partial charge in [0.25, 0.3) is 5.91 Å². The van der Waals surface area contributed by atoms with Crippen molar-refractivity contribution in [2.75, 3.05) is 26.3 Å². The normalized spacial score (nSPS) is 10.3. The maximum Gasteiger partial charge on any atom is 0.255 e. The van der Waals surface area contributed by atoms with Crippen molar-refractivity contribution in [2.45, 2.75) is 6.42 Å². The molecule has 0 aromatic heterocycles. The molecule has 0 fully saturated rings. The zero-order valence-electron chi connectivity index (χ0n) is 9.99. The van der Waals surface area contributed by atoms with Crippen LogP contribution in [-0.2, 0) is 4.74 Å². The number of nitrogens with one attached hydrogen (secondary N) is 1. The van der Waals surface area contributed by atoms with Gasteiger partial charge in [0.05, 0.1) is 12.2 Å². The predicted octanol–water partition coefficient (Wildman–Crippen LogP) is 0.627. The number of carbonyl (C=O) groups excluding carboxylic acids is 1. The summed E-state index contributed by atoms with van der Waals surface area (Å²) in [4.78, 5) is 11.6. The topological polar surface area (TPSA) is 84.6 Å². The Balaban J connectivity index is 2.32. The van der Waals surface area contributed by atoms with Crippen LogP contribution in [0.5, 0.6) is 5.75 Å². The molecule has 0 atom stereocenters. The molecule has 0 aliphatic rings. The van der Waals surface area contributed by atoms with Crippen molar-refractivity contribution < 1.29 is 19.0 Å². The van der Waals surface area contributed by atoms with Crippen molar-refractivity contribution in [3.8, 4) is 5.75 Å². The summed E-state index contributed by atoms with van der Waals surface area (Å²) in [6.45, 7) is 1.88. The van der Waals surface area contributed by atoms with E-state index in [4.69, 9.17) is 10.5 Å². The number of phenols is 1. The fraction of sp³-hybridized carbons (Fsp3) is 0.417. The van der Waals surface area contributed by atoms with Crippen LogP contribution in [0.15, 0.2) is 18.2 Å². The summed E-state index contributed by atoms with van der Waals surface area (Å²) in [7, 11) is 0. The van der Waals surface area contributed by atoms with Crippen LogP contribution in [0.2, 0.25) is 0 Å². The van der Waals surface area contributed by atoms with E-state index in [1.807, 2.05) is 0 Å². The smallest absolute Gasteiger partial charge is 0.255 e. The Morgan fingerprint density at radius 1 is 1.44 bits per heavy atom. The van der Waals surface area contributed by atoms with Gasteiger partial charge in [-0.1, -0.05) is 0 Å². The van der Waals surface area contributed by atoms with E-state index in [1.54, 1.807) is 0 Å². The van der Waals surface area contributed by atoms with Crippen LogP contribution in [-0.4, -0.2) is 37.3 Å². The molecule has 0 radical (unpaired) electrons. The summed E-state index contributed by atoms with van der Waals surface area (Å²) in [5, 5.41) is 12.0. The van der Waals surface area contributed by atoms with Crippen molar-refractivity contribution in [1.82, 2.24) is 5.32 Å². The molecule has 6 heteroatoms. The van der Waals surface area contributed by atoms with E-state index in [1.165, 1.54) is 6.07 Å². The number of nitrogens with two attached hydrogens (primary N) is 1. The Morgan fingerprint density at radius 2 is 2.22 bits per heavy atom. The van der Waals surface area contributed by atoms with Crippen LogP contribution in [0.25, 0.3) is 0 Å². The highest BCUT2D eigenvalue weighted by atomic mass is 19.1. The number of ether oxygens (including phenoxy) is 1. The lowest BCUT2D eigenvalue weighted by molar-refractivity contribution is 0.0940. The molecule has 1 aromatic rings. The number of rotatable bonds is 7. The average molecular weight is 256 g/mol. The number of phenolic OH excluding ortho intramolecular Hbond substituents is 1. The number of benzene rings is 1. The molecule has 0 unspecified atom stereocenters. The summed E-state index contributed by atoms with van der Waals surface area (Å²) in [6, 6.07) is 3.27. The number of hydrogen-bond donors (Lipinski definition) is 3. The highest BCUT2D eigenvalue weighted by Crippen LogP contribution is 2.17. The summed E-state index contributed by atoms with van der Waals surface area (Å²) in [5.41, 5.74) is 5.30. The summed E-state index contributed by atoms with van der Waals surface area (Å²) in [5.74, 6) is -1.39. The van der Waals surface area contributed by atoms with Crippen LogP contribution >= 0.6 is 0 Å². The molecule has 0 aliphatic carbocycles. The zero-order chi connectivity index (χ0) is 13.4. The van der Waals surface area contributed by atoms with Crippen LogP contribution in [0.1, 0.15) is 16.8 Å². The van der Waals surface area contributed by atoms with Gasteiger partial charge in [-0.3, -0.25) is 4.79 Å². The number of carbonyl (C=O) groups is 1. The summed E-state index contributed by atoms with van der Waals surface area (Å²) < 4.78 is 17.9. The Kier molecular flexibility index (Phi) is 6.10. The summed E-state index contributed by atoms with van der Waals surface area (Å²) >= 11 is 0. The molecule has 100 valence electrons. The molecule has 1 amide bonds. The predicted molar refractivity (Wildman–Crippen MR) is 64.9 cm³/mol. The van der Waals surface area contributed by atoms with E-state index in [-0.39, 0.29) is 11.3 Å². The van der Waals surface area contributed by atoms with Gasteiger partial charge in [0.15, 0.2) is 0 Å². The van der Waals surface area contributed by atoms with E-state index in [9.17, 15) is 14.3 Å². The van der Waals surface area contributed by atoms with Gasteiger partial charge in [-0.2, -0.15) is 0 Å². The first kappa shape index (κ1) is 14.4. The lowest BCUT2D eigenvalue weighted by atomic mass is 10.2. The van der Waals surface area contributed by atoms with Gasteiger partial charge in [-0.05, 0) is 18.6 Å². The maximum absolute atomic E-state index is 12.7. The van der Waals surface area contributed by atoms with Gasteiger partial charge in [0.2, 0.25) is 0 Å². The first-order valence-corrected chi connectivity index (χ1v) is 5.69. The van der Waals surface area contributed by atoms with Crippen LogP contribution < -0.4 is 11.1 Å². The van der Waals surface area contributed by atoms with Crippen LogP contribution in [0.3, 0.4) is 0 Å². The minimum atomic E-state index is -0.584. The van der Waals surface area contributed by atoms with Crippen molar-refractivity contribution in [3.63, 3.8) is 0 Å². The first-order valence-electron chi connectivity index (χ1n) is 5.69. The largest absolute Gasteiger partial charge is 0.507 e. The van der Waals surface area contributed by atoms with E-state index < -0.39 is 11.7 Å². The molecular weight excluding hydrogens is 239 g/mol. The minimum Gasteiger partial charge on any atom is -0.507 e. The Morgan fingerprint density at radius 3 is 2.89 bits per heavy atom. The van der Waals surface area contributed by atoms with E-state index >= 15 is 0 Å². The Labute approximate surface area is 105 Å². The number of hydrogen-bond acceptors (Lipinski definition) is 4. The van der Waals surface area contributed by atoms with Crippen LogP contribution in [0.4, 0.5) is 4.39 Å². The fourth-order valence-corrected chi connectivity index (χ4v) is 1.35. The SMILES string of the molecule is NCCOCCCNC(=O)c1ccc(F)cc1O. The van der Waals surface area contributed by atoms with E-state index in [2.05, 4.69) is 5.32 Å². The second-order valence-electron chi connectivity index (χ2n) is 3.67. The summed E-state index contributed by atoms with van der Waals surface area (Å²) in [6.07, 6.45) is 0.647. The first-order chi connectivity index (χ1) is 8.65. The van der Waals surface area contributed by atoms with Gasteiger partial charge in [-0.15, -0.1) is 0 Å². The molecule has 1 aromatic carbocycles. The molecular formula is C12H17FN2O3. The molecule has 0 saturated carbocycles. The number of halogens is 1. The van der Waals surface area contributed by atoms with Crippen LogP contribution in [0, 0.1) is 5.82 Å². The second-order valence-corrected chi connectivity index (χ2v) is 3.67. The second kappa shape index (κ2) is 7.62. The molecule has 0 saturated heterocycles. The van der Waals surface area contributed by atoms with Crippen molar-refractivity contribution in [2.24, 2.45) is 5.73 Å². The molecule has 0 bridgehead atoms. The lowest BCUT2D eigenvalue weighted by Gasteiger charge is -2.07. The third-order valence-corrected chi connectivity index (χ3v) is 2.22. The fourth-order valence-electron chi connectivity index (χ4n) is 1.35. The van der Waals surface area contributed by atoms with Crippen molar-refractivity contribution >= 4 is 5.91 Å². The molecule has 0 heterocycles. The van der Waals surface area contributed by atoms with Crippen molar-refractivity contribution in [1.29, 1.82) is 0 Å². The quantitative estimate of drug-likeness (QED) is 0.625. The van der Waals surface area contributed by atoms with Gasteiger partial charge < -0.3 is 20.9 Å². The molecule has 4 N–H and O–H groups in total. The third-order valence-electron chi connectivity index (χ3n) is 2.22. The van der Waals surface area contributed by atoms with E-state index in [0.717, 1.165) is 12.1 Å². The monoisotopic (exact) mass is 256 g/mol.